The average Bonchev–Trinajstić information content (AvgIpc) is 3.32. The van der Waals surface area contributed by atoms with Crippen molar-refractivity contribution in [2.24, 2.45) is 0 Å². The minimum atomic E-state index is -0.815. The molecule has 0 N–H and O–H groups in total. The molecule has 5 rings (SSSR count). The number of hydrogen-bond donors (Lipinski definition) is 0. The smallest absolute Gasteiger partial charge is 0.351 e. The van der Waals surface area contributed by atoms with Crippen LogP contribution in [0.15, 0.2) is 114 Å². The fourth-order valence-electron chi connectivity index (χ4n) is 3.80. The molecule has 0 aliphatic heterocycles. The first-order chi connectivity index (χ1) is 16.2. The van der Waals surface area contributed by atoms with E-state index in [1.165, 1.54) is 7.11 Å². The van der Waals surface area contributed by atoms with Gasteiger partial charge in [-0.05, 0) is 35.4 Å². The molecule has 0 bridgehead atoms. The number of hydrogen-bond acceptors (Lipinski definition) is 4. The third-order valence-corrected chi connectivity index (χ3v) is 5.55. The Labute approximate surface area is 192 Å². The summed E-state index contributed by atoms with van der Waals surface area (Å²) in [7, 11) is 1.36. The van der Waals surface area contributed by atoms with E-state index in [9.17, 15) is 4.79 Å². The lowest BCUT2D eigenvalue weighted by atomic mass is 10.0. The molecule has 0 aliphatic carbocycles. The van der Waals surface area contributed by atoms with Gasteiger partial charge in [0.25, 0.3) is 0 Å². The summed E-state index contributed by atoms with van der Waals surface area (Å²) in [4.78, 5) is 12.3. The molecular formula is C29H22O4. The fraction of sp³-hybridized carbons (Fsp3) is 0.0690. The van der Waals surface area contributed by atoms with Crippen LogP contribution >= 0.6 is 0 Å². The van der Waals surface area contributed by atoms with Crippen LogP contribution in [0.3, 0.4) is 0 Å². The van der Waals surface area contributed by atoms with Gasteiger partial charge in [0, 0.05) is 16.5 Å². The highest BCUT2D eigenvalue weighted by atomic mass is 16.6. The van der Waals surface area contributed by atoms with Crippen molar-refractivity contribution in [2.45, 2.75) is 6.10 Å². The van der Waals surface area contributed by atoms with Crippen molar-refractivity contribution in [1.29, 1.82) is 0 Å². The van der Waals surface area contributed by atoms with E-state index in [1.807, 2.05) is 78.9 Å². The zero-order valence-corrected chi connectivity index (χ0v) is 18.1. The molecule has 1 heterocycles. The Hall–Kier alpha value is -4.31. The number of rotatable bonds is 6. The first-order valence-electron chi connectivity index (χ1n) is 10.7. The standard InChI is InChI=1S/C29H22O4/c1-31-29(30)28(23-7-3-2-4-8-23)32-25-17-15-21(16-18-25)20-11-13-22(14-12-20)27-19-24-9-5-6-10-26(24)33-27/h2-19,28H,1H3. The van der Waals surface area contributed by atoms with Crippen LogP contribution in [0.25, 0.3) is 33.4 Å². The summed E-state index contributed by atoms with van der Waals surface area (Å²) < 4.78 is 16.9. The molecule has 33 heavy (non-hydrogen) atoms. The largest absolute Gasteiger partial charge is 0.474 e. The summed E-state index contributed by atoms with van der Waals surface area (Å²) in [6, 6.07) is 35.3. The van der Waals surface area contributed by atoms with Gasteiger partial charge in [-0.2, -0.15) is 0 Å². The summed E-state index contributed by atoms with van der Waals surface area (Å²) in [6.45, 7) is 0. The molecule has 162 valence electrons. The Morgan fingerprint density at radius 3 is 2.00 bits per heavy atom. The first-order valence-corrected chi connectivity index (χ1v) is 10.7. The van der Waals surface area contributed by atoms with Crippen molar-refractivity contribution in [3.05, 3.63) is 115 Å². The molecule has 0 fully saturated rings. The van der Waals surface area contributed by atoms with Crippen LogP contribution in [0, 0.1) is 0 Å². The van der Waals surface area contributed by atoms with Gasteiger partial charge in [-0.25, -0.2) is 4.79 Å². The highest BCUT2D eigenvalue weighted by Crippen LogP contribution is 2.31. The summed E-state index contributed by atoms with van der Waals surface area (Å²) >= 11 is 0. The van der Waals surface area contributed by atoms with Crippen LogP contribution in [-0.2, 0) is 9.53 Å². The predicted octanol–water partition coefficient (Wildman–Crippen LogP) is 7.06. The van der Waals surface area contributed by atoms with Crippen molar-refractivity contribution in [2.75, 3.05) is 7.11 Å². The van der Waals surface area contributed by atoms with Gasteiger partial charge in [-0.1, -0.05) is 84.9 Å². The third kappa shape index (κ3) is 4.37. The number of esters is 1. The van der Waals surface area contributed by atoms with Crippen LogP contribution in [-0.4, -0.2) is 13.1 Å². The summed E-state index contributed by atoms with van der Waals surface area (Å²) in [5.74, 6) is 1.00. The van der Waals surface area contributed by atoms with E-state index in [0.717, 1.165) is 39.0 Å². The summed E-state index contributed by atoms with van der Waals surface area (Å²) in [5.41, 5.74) is 4.78. The first kappa shape index (κ1) is 20.6. The zero-order chi connectivity index (χ0) is 22.6. The Morgan fingerprint density at radius 2 is 1.33 bits per heavy atom. The summed E-state index contributed by atoms with van der Waals surface area (Å²) in [5, 5.41) is 1.09. The molecule has 0 aliphatic rings. The maximum Gasteiger partial charge on any atom is 0.351 e. The number of furan rings is 1. The van der Waals surface area contributed by atoms with Gasteiger partial charge >= 0.3 is 5.97 Å². The van der Waals surface area contributed by atoms with E-state index in [4.69, 9.17) is 13.9 Å². The van der Waals surface area contributed by atoms with Gasteiger partial charge in [-0.15, -0.1) is 0 Å². The second kappa shape index (κ2) is 9.05. The zero-order valence-electron chi connectivity index (χ0n) is 18.1. The third-order valence-electron chi connectivity index (χ3n) is 5.55. The molecule has 4 aromatic carbocycles. The lowest BCUT2D eigenvalue weighted by Gasteiger charge is -2.17. The highest BCUT2D eigenvalue weighted by Gasteiger charge is 2.23. The Morgan fingerprint density at radius 1 is 0.727 bits per heavy atom. The molecule has 0 amide bonds. The van der Waals surface area contributed by atoms with Gasteiger partial charge in [-0.3, -0.25) is 0 Å². The molecule has 1 atom stereocenters. The second-order valence-electron chi connectivity index (χ2n) is 7.68. The predicted molar refractivity (Wildman–Crippen MR) is 129 cm³/mol. The van der Waals surface area contributed by atoms with Crippen LogP contribution in [0.5, 0.6) is 5.75 Å². The second-order valence-corrected chi connectivity index (χ2v) is 7.68. The van der Waals surface area contributed by atoms with E-state index < -0.39 is 12.1 Å². The van der Waals surface area contributed by atoms with E-state index in [2.05, 4.69) is 30.3 Å². The number of para-hydroxylation sites is 1. The quantitative estimate of drug-likeness (QED) is 0.268. The molecule has 5 aromatic rings. The SMILES string of the molecule is COC(=O)C(Oc1ccc(-c2ccc(-c3cc4ccccc4o3)cc2)cc1)c1ccccc1. The number of ether oxygens (including phenoxy) is 2. The normalized spacial score (nSPS) is 11.8. The maximum absolute atomic E-state index is 12.3. The molecular weight excluding hydrogens is 412 g/mol. The van der Waals surface area contributed by atoms with E-state index >= 15 is 0 Å². The number of benzene rings is 4. The molecule has 4 nitrogen and oxygen atoms in total. The topological polar surface area (TPSA) is 48.7 Å². The van der Waals surface area contributed by atoms with Gasteiger partial charge in [0.05, 0.1) is 7.11 Å². The van der Waals surface area contributed by atoms with Gasteiger partial charge in [0.2, 0.25) is 6.10 Å². The van der Waals surface area contributed by atoms with Crippen molar-refractivity contribution in [3.8, 4) is 28.2 Å². The monoisotopic (exact) mass is 434 g/mol. The molecule has 0 radical (unpaired) electrons. The lowest BCUT2D eigenvalue weighted by Crippen LogP contribution is -2.20. The van der Waals surface area contributed by atoms with Crippen molar-refractivity contribution in [1.82, 2.24) is 0 Å². The minimum absolute atomic E-state index is 0.438. The molecule has 0 spiro atoms. The molecule has 1 unspecified atom stereocenters. The fourth-order valence-corrected chi connectivity index (χ4v) is 3.80. The van der Waals surface area contributed by atoms with E-state index in [1.54, 1.807) is 0 Å². The summed E-state index contributed by atoms with van der Waals surface area (Å²) in [6.07, 6.45) is -0.815. The number of carbonyl (C=O) groups excluding carboxylic acids is 1. The minimum Gasteiger partial charge on any atom is -0.474 e. The van der Waals surface area contributed by atoms with Crippen LogP contribution in [0.2, 0.25) is 0 Å². The Bertz CT molecular complexity index is 1330. The molecule has 0 saturated heterocycles. The van der Waals surface area contributed by atoms with Gasteiger partial charge < -0.3 is 13.9 Å². The van der Waals surface area contributed by atoms with Gasteiger partial charge in [0.1, 0.15) is 17.1 Å². The molecule has 0 saturated carbocycles. The Kier molecular flexibility index (Phi) is 5.64. The average molecular weight is 434 g/mol. The number of methoxy groups -OCH3 is 1. The molecule has 1 aromatic heterocycles. The molecule has 4 heteroatoms. The Balaban J connectivity index is 1.34. The van der Waals surface area contributed by atoms with Gasteiger partial charge in [0.15, 0.2) is 0 Å². The maximum atomic E-state index is 12.3. The van der Waals surface area contributed by atoms with Crippen molar-refractivity contribution >= 4 is 16.9 Å². The van der Waals surface area contributed by atoms with Crippen LogP contribution < -0.4 is 4.74 Å². The number of carbonyl (C=O) groups is 1. The lowest BCUT2D eigenvalue weighted by molar-refractivity contribution is -0.149. The van der Waals surface area contributed by atoms with Crippen molar-refractivity contribution in [3.63, 3.8) is 0 Å². The van der Waals surface area contributed by atoms with Crippen LogP contribution in [0.4, 0.5) is 0 Å². The van der Waals surface area contributed by atoms with E-state index in [0.29, 0.717) is 5.75 Å². The highest BCUT2D eigenvalue weighted by molar-refractivity contribution is 5.83. The van der Waals surface area contributed by atoms with Crippen molar-refractivity contribution < 1.29 is 18.7 Å². The van der Waals surface area contributed by atoms with Crippen LogP contribution in [0.1, 0.15) is 11.7 Å². The number of fused-ring (bicyclic) bond motifs is 1. The van der Waals surface area contributed by atoms with E-state index in [-0.39, 0.29) is 0 Å².